The second-order valence-corrected chi connectivity index (χ2v) is 23.5. The highest BCUT2D eigenvalue weighted by molar-refractivity contribution is 5.79. The standard InChI is InChI=1S/C48H78O19/c1-21-29(52)31(54)34(57)40(63-21)66-37-25(18-49)64-39(36(59)33(37)56)62-19-26-30(53)32(55)35(58)41(65-26)67-42(61)48-14-12-43(2,3)16-23(48)22-8-9-28-44(4)17-24(51)38(60)45(5,20-50)27(44)10-11-47(28,7)46(22,6)13-15-48/h8,21,23-41,49-60H,9-20H2,1-7H3/t21-,23-,24+,25+,26+,27+,28+,29-,30+,31+,32-,33+,34+,35+,36+,37+,38-,39+,40-,41-,44-,45+,46+,47+,48-/m0/s1. The van der Waals surface area contributed by atoms with Gasteiger partial charge in [-0.3, -0.25) is 4.79 Å². The zero-order chi connectivity index (χ0) is 49.1. The van der Waals surface area contributed by atoms with Crippen LogP contribution in [0.2, 0.25) is 0 Å². The van der Waals surface area contributed by atoms with E-state index in [2.05, 4.69) is 40.7 Å². The minimum Gasteiger partial charge on any atom is -0.432 e. The van der Waals surface area contributed by atoms with Gasteiger partial charge in [0.2, 0.25) is 6.29 Å². The van der Waals surface area contributed by atoms with E-state index in [0.29, 0.717) is 38.5 Å². The van der Waals surface area contributed by atoms with Crippen LogP contribution in [0.15, 0.2) is 11.6 Å². The van der Waals surface area contributed by atoms with Gasteiger partial charge in [-0.1, -0.05) is 53.2 Å². The Balaban J connectivity index is 0.982. The maximum atomic E-state index is 15.0. The highest BCUT2D eigenvalue weighted by Crippen LogP contribution is 2.76. The topological polar surface area (TPSA) is 315 Å². The number of allylic oxidation sites excluding steroid dienone is 2. The van der Waals surface area contributed by atoms with E-state index in [1.807, 2.05) is 6.92 Å². The zero-order valence-electron chi connectivity index (χ0n) is 39.8. The number of carbonyl (C=O) groups excluding carboxylic acids is 1. The van der Waals surface area contributed by atoms with Crippen molar-refractivity contribution < 1.29 is 94.5 Å². The van der Waals surface area contributed by atoms with Gasteiger partial charge in [-0.05, 0) is 104 Å². The van der Waals surface area contributed by atoms with Crippen molar-refractivity contribution in [3.05, 3.63) is 11.6 Å². The van der Waals surface area contributed by atoms with Crippen molar-refractivity contribution in [1.82, 2.24) is 0 Å². The SMILES string of the molecule is C[C@@H]1O[C@@H](O[C@H]2[C@H](O)[C@@H](O)[C@H](OC[C@H]3O[C@@H](OC(=O)[C@]45CCC(C)(C)C[C@H]4C4=CC[C@@H]6[C@@]7(C)C[C@@H](O)[C@H](O)[C@](C)(CO)[C@@H]7CC[C@@]6(C)[C@]4(C)CC5)[C@H](O)[C@@H](O)[C@@H]3O)O[C@@H]2CO)[C@H](O)[C@H](O)[C@H]1O. The summed E-state index contributed by atoms with van der Waals surface area (Å²) < 4.78 is 34.7. The van der Waals surface area contributed by atoms with Gasteiger partial charge in [-0.2, -0.15) is 0 Å². The third-order valence-corrected chi connectivity index (χ3v) is 19.4. The van der Waals surface area contributed by atoms with Gasteiger partial charge in [0, 0.05) is 5.41 Å². The Hall–Kier alpha value is -1.47. The number of hydrogen-bond acceptors (Lipinski definition) is 19. The molecule has 25 atom stereocenters. The number of esters is 1. The smallest absolute Gasteiger partial charge is 0.315 e. The molecule has 4 saturated carbocycles. The Morgan fingerprint density at radius 3 is 1.99 bits per heavy atom. The van der Waals surface area contributed by atoms with E-state index in [1.165, 1.54) is 12.5 Å². The average molecular weight is 959 g/mol. The first-order chi connectivity index (χ1) is 31.2. The van der Waals surface area contributed by atoms with Crippen LogP contribution in [0.25, 0.3) is 0 Å². The Labute approximate surface area is 392 Å². The fraction of sp³-hybridized carbons (Fsp3) is 0.938. The molecular weight excluding hydrogens is 881 g/mol. The summed E-state index contributed by atoms with van der Waals surface area (Å²) in [5.74, 6) is -0.715. The van der Waals surface area contributed by atoms with Crippen molar-refractivity contribution >= 4 is 5.97 Å². The Morgan fingerprint density at radius 2 is 1.31 bits per heavy atom. The molecule has 5 aliphatic carbocycles. The quantitative estimate of drug-likeness (QED) is 0.0986. The van der Waals surface area contributed by atoms with Gasteiger partial charge in [0.15, 0.2) is 12.6 Å². The van der Waals surface area contributed by atoms with Crippen molar-refractivity contribution in [3.8, 4) is 0 Å². The van der Waals surface area contributed by atoms with Crippen LogP contribution in [0.1, 0.15) is 106 Å². The number of aliphatic hydroxyl groups is 12. The molecule has 0 unspecified atom stereocenters. The van der Waals surface area contributed by atoms with Crippen LogP contribution in [-0.4, -0.2) is 191 Å². The van der Waals surface area contributed by atoms with Gasteiger partial charge in [0.25, 0.3) is 0 Å². The first kappa shape index (κ1) is 51.9. The lowest BCUT2D eigenvalue weighted by Gasteiger charge is -2.71. The summed E-state index contributed by atoms with van der Waals surface area (Å²) in [4.78, 5) is 15.0. The first-order valence-corrected chi connectivity index (χ1v) is 24.4. The second-order valence-electron chi connectivity index (χ2n) is 23.5. The lowest BCUT2D eigenvalue weighted by atomic mass is 9.33. The molecule has 0 aromatic heterocycles. The van der Waals surface area contributed by atoms with E-state index in [9.17, 15) is 66.1 Å². The van der Waals surface area contributed by atoms with Gasteiger partial charge >= 0.3 is 5.97 Å². The van der Waals surface area contributed by atoms with Crippen LogP contribution in [-0.2, 0) is 33.2 Å². The summed E-state index contributed by atoms with van der Waals surface area (Å²) in [6.07, 6.45) is -18.3. The molecule has 3 saturated heterocycles. The third kappa shape index (κ3) is 8.10. The number of aliphatic hydroxyl groups excluding tert-OH is 12. The monoisotopic (exact) mass is 959 g/mol. The molecule has 8 aliphatic rings. The van der Waals surface area contributed by atoms with Crippen LogP contribution in [0.5, 0.6) is 0 Å². The average Bonchev–Trinajstić information content (AvgIpc) is 3.28. The van der Waals surface area contributed by atoms with E-state index in [1.54, 1.807) is 0 Å². The van der Waals surface area contributed by atoms with E-state index in [4.69, 9.17) is 28.4 Å². The molecule has 67 heavy (non-hydrogen) atoms. The van der Waals surface area contributed by atoms with Crippen LogP contribution in [0.4, 0.5) is 0 Å². The molecule has 0 radical (unpaired) electrons. The highest BCUT2D eigenvalue weighted by Gasteiger charge is 2.71. The molecule has 0 aromatic rings. The number of fused-ring (bicyclic) bond motifs is 7. The number of hydrogen-bond donors (Lipinski definition) is 12. The lowest BCUT2D eigenvalue weighted by molar-refractivity contribution is -0.361. The summed E-state index contributed by atoms with van der Waals surface area (Å²) in [6.45, 7) is 13.0. The van der Waals surface area contributed by atoms with Crippen LogP contribution in [0, 0.1) is 50.2 Å². The minimum absolute atomic E-state index is 0.0113. The minimum atomic E-state index is -1.86. The molecule has 384 valence electrons. The molecule has 0 spiro atoms. The Morgan fingerprint density at radius 1 is 0.687 bits per heavy atom. The first-order valence-electron chi connectivity index (χ1n) is 24.4. The van der Waals surface area contributed by atoms with E-state index >= 15 is 0 Å². The van der Waals surface area contributed by atoms with Crippen LogP contribution >= 0.6 is 0 Å². The van der Waals surface area contributed by atoms with Gasteiger partial charge < -0.3 is 89.7 Å². The Kier molecular flexibility index (Phi) is 14.1. The molecule has 12 N–H and O–H groups in total. The van der Waals surface area contributed by atoms with E-state index < -0.39 is 134 Å². The predicted octanol–water partition coefficient (Wildman–Crippen LogP) is -0.889. The van der Waals surface area contributed by atoms with Crippen molar-refractivity contribution in [3.63, 3.8) is 0 Å². The fourth-order valence-corrected chi connectivity index (χ4v) is 15.0. The summed E-state index contributed by atoms with van der Waals surface area (Å²) in [5, 5.41) is 130. The van der Waals surface area contributed by atoms with Gasteiger partial charge in [0.1, 0.15) is 67.1 Å². The maximum Gasteiger partial charge on any atom is 0.315 e. The zero-order valence-corrected chi connectivity index (χ0v) is 39.8. The molecular formula is C48H78O19. The molecule has 3 heterocycles. The maximum absolute atomic E-state index is 15.0. The highest BCUT2D eigenvalue weighted by atomic mass is 16.8. The fourth-order valence-electron chi connectivity index (χ4n) is 15.0. The molecule has 0 bridgehead atoms. The van der Waals surface area contributed by atoms with Gasteiger partial charge in [-0.25, -0.2) is 0 Å². The third-order valence-electron chi connectivity index (χ3n) is 19.4. The number of rotatable bonds is 9. The lowest BCUT2D eigenvalue weighted by Crippen LogP contribution is -2.68. The summed E-state index contributed by atoms with van der Waals surface area (Å²) >= 11 is 0. The predicted molar refractivity (Wildman–Crippen MR) is 232 cm³/mol. The normalized spacial score (nSPS) is 55.2. The van der Waals surface area contributed by atoms with Crippen molar-refractivity contribution in [2.75, 3.05) is 19.8 Å². The van der Waals surface area contributed by atoms with Crippen LogP contribution < -0.4 is 0 Å². The second kappa shape index (κ2) is 18.2. The molecule has 0 aromatic carbocycles. The summed E-state index contributed by atoms with van der Waals surface area (Å²) in [7, 11) is 0. The van der Waals surface area contributed by atoms with Crippen molar-refractivity contribution in [2.45, 2.75) is 211 Å². The number of carbonyl (C=O) groups is 1. The van der Waals surface area contributed by atoms with Crippen LogP contribution in [0.3, 0.4) is 0 Å². The van der Waals surface area contributed by atoms with E-state index in [0.717, 1.165) is 19.3 Å². The van der Waals surface area contributed by atoms with Crippen molar-refractivity contribution in [2.24, 2.45) is 50.2 Å². The molecule has 3 aliphatic heterocycles. The molecule has 19 nitrogen and oxygen atoms in total. The molecule has 7 fully saturated rings. The summed E-state index contributed by atoms with van der Waals surface area (Å²) in [5.41, 5.74) is -1.76. The Bertz CT molecular complexity index is 1830. The molecule has 19 heteroatoms. The van der Waals surface area contributed by atoms with Gasteiger partial charge in [0.05, 0.1) is 43.5 Å². The molecule has 8 rings (SSSR count). The summed E-state index contributed by atoms with van der Waals surface area (Å²) in [6, 6.07) is 0. The molecule has 0 amide bonds. The number of ether oxygens (including phenoxy) is 6. The van der Waals surface area contributed by atoms with Crippen molar-refractivity contribution in [1.29, 1.82) is 0 Å². The van der Waals surface area contributed by atoms with Gasteiger partial charge in [-0.15, -0.1) is 0 Å². The largest absolute Gasteiger partial charge is 0.432 e. The van der Waals surface area contributed by atoms with E-state index in [-0.39, 0.29) is 46.0 Å².